The highest BCUT2D eigenvalue weighted by atomic mass is 16.4. The number of phenolic OH excluding ortho intramolecular Hbond substituents is 1. The average Bonchev–Trinajstić information content (AvgIpc) is 2.77. The monoisotopic (exact) mass is 481 g/mol. The Morgan fingerprint density at radius 1 is 0.824 bits per heavy atom. The fourth-order valence-electron chi connectivity index (χ4n) is 3.09. The van der Waals surface area contributed by atoms with Crippen molar-refractivity contribution in [2.45, 2.75) is 71.1 Å². The molecule has 4 N–H and O–H groups in total. The highest BCUT2D eigenvalue weighted by Gasteiger charge is 2.18. The van der Waals surface area contributed by atoms with Gasteiger partial charge in [-0.1, -0.05) is 58.3 Å². The summed E-state index contributed by atoms with van der Waals surface area (Å²) < 4.78 is 0. The van der Waals surface area contributed by atoms with Crippen LogP contribution in [0.1, 0.15) is 91.8 Å². The first-order valence-corrected chi connectivity index (χ1v) is 11.3. The number of phenols is 1. The second kappa shape index (κ2) is 18.0. The molecule has 0 fully saturated rings. The van der Waals surface area contributed by atoms with Crippen molar-refractivity contribution in [3.63, 3.8) is 0 Å². The van der Waals surface area contributed by atoms with E-state index >= 15 is 0 Å². The van der Waals surface area contributed by atoms with E-state index in [1.165, 1.54) is 44.2 Å². The van der Waals surface area contributed by atoms with Crippen LogP contribution in [-0.2, 0) is 14.4 Å². The van der Waals surface area contributed by atoms with Crippen molar-refractivity contribution in [2.24, 2.45) is 0 Å². The Morgan fingerprint density at radius 2 is 1.32 bits per heavy atom. The van der Waals surface area contributed by atoms with Gasteiger partial charge in [0.1, 0.15) is 18.8 Å². The molecule has 0 spiro atoms. The second-order valence-electron chi connectivity index (χ2n) is 7.81. The van der Waals surface area contributed by atoms with Gasteiger partial charge < -0.3 is 25.3 Å². The number of carbonyl (C=O) groups is 5. The Kier molecular flexibility index (Phi) is 16.2. The van der Waals surface area contributed by atoms with Crippen molar-refractivity contribution >= 4 is 30.1 Å². The van der Waals surface area contributed by atoms with Crippen LogP contribution in [0, 0.1) is 0 Å². The molecule has 0 heterocycles. The van der Waals surface area contributed by atoms with E-state index in [4.69, 9.17) is 20.4 Å². The molecule has 0 aliphatic carbocycles. The van der Waals surface area contributed by atoms with Crippen molar-refractivity contribution in [2.75, 3.05) is 13.1 Å². The average molecular weight is 482 g/mol. The van der Waals surface area contributed by atoms with Crippen LogP contribution in [0.2, 0.25) is 0 Å². The molecule has 0 unspecified atom stereocenters. The lowest BCUT2D eigenvalue weighted by Gasteiger charge is -2.18. The van der Waals surface area contributed by atoms with Crippen molar-refractivity contribution in [1.82, 2.24) is 4.90 Å². The largest absolute Gasteiger partial charge is 0.507 e. The molecule has 0 atom stereocenters. The van der Waals surface area contributed by atoms with Crippen LogP contribution in [0.4, 0.5) is 0 Å². The van der Waals surface area contributed by atoms with E-state index in [9.17, 15) is 24.0 Å². The molecule has 1 aromatic rings. The zero-order valence-corrected chi connectivity index (χ0v) is 19.6. The van der Waals surface area contributed by atoms with Crippen molar-refractivity contribution < 1.29 is 44.4 Å². The summed E-state index contributed by atoms with van der Waals surface area (Å²) in [6.45, 7) is 1.08. The highest BCUT2D eigenvalue weighted by Crippen LogP contribution is 2.16. The van der Waals surface area contributed by atoms with Crippen LogP contribution in [0.15, 0.2) is 18.2 Å². The van der Waals surface area contributed by atoms with Gasteiger partial charge in [-0.25, -0.2) is 4.79 Å². The van der Waals surface area contributed by atoms with Gasteiger partial charge in [0.2, 0.25) is 5.91 Å². The molecule has 0 saturated carbocycles. The first-order chi connectivity index (χ1) is 16.1. The minimum absolute atomic E-state index is 0.0186. The number of aliphatic carboxylic acids is 2. The number of amides is 1. The Morgan fingerprint density at radius 3 is 1.76 bits per heavy atom. The molecule has 1 rings (SSSR count). The van der Waals surface area contributed by atoms with Crippen molar-refractivity contribution in [3.05, 3.63) is 29.3 Å². The van der Waals surface area contributed by atoms with E-state index in [0.717, 1.165) is 30.2 Å². The van der Waals surface area contributed by atoms with Crippen LogP contribution in [0.3, 0.4) is 0 Å². The van der Waals surface area contributed by atoms with Gasteiger partial charge in [-0.2, -0.15) is 0 Å². The lowest BCUT2D eigenvalue weighted by molar-refractivity contribution is -0.149. The number of nitrogens with zero attached hydrogens (tertiary/aromatic N) is 1. The normalized spacial score (nSPS) is 10.0. The summed E-state index contributed by atoms with van der Waals surface area (Å²) in [6.07, 6.45) is 10.8. The molecule has 190 valence electrons. The quantitative estimate of drug-likeness (QED) is 0.202. The maximum atomic E-state index is 11.8. The van der Waals surface area contributed by atoms with Crippen LogP contribution >= 0.6 is 0 Å². The maximum absolute atomic E-state index is 11.8. The molecule has 0 aliphatic heterocycles. The van der Waals surface area contributed by atoms with E-state index in [1.54, 1.807) is 0 Å². The molecule has 10 nitrogen and oxygen atoms in total. The maximum Gasteiger partial charge on any atom is 0.335 e. The van der Waals surface area contributed by atoms with E-state index in [2.05, 4.69) is 6.92 Å². The zero-order chi connectivity index (χ0) is 25.9. The van der Waals surface area contributed by atoms with Gasteiger partial charge >= 0.3 is 17.9 Å². The Bertz CT molecular complexity index is 792. The van der Waals surface area contributed by atoms with Gasteiger partial charge in [0, 0.05) is 6.42 Å². The fourth-order valence-corrected chi connectivity index (χ4v) is 3.09. The predicted octanol–water partition coefficient (Wildman–Crippen LogP) is 3.81. The van der Waals surface area contributed by atoms with Crippen LogP contribution in [0.5, 0.6) is 5.75 Å². The number of unbranched alkanes of at least 4 members (excludes halogenated alkanes) is 8. The van der Waals surface area contributed by atoms with Gasteiger partial charge in [-0.15, -0.1) is 0 Å². The minimum atomic E-state index is -1.19. The fraction of sp³-hybridized carbons (Fsp3) is 0.542. The molecule has 1 amide bonds. The summed E-state index contributed by atoms with van der Waals surface area (Å²) >= 11 is 0. The van der Waals surface area contributed by atoms with Gasteiger partial charge in [-0.05, 0) is 24.6 Å². The SMILES string of the molecule is CCCCCCCCCCCC(=O)N(CC(=O)O)CC(=O)O.O=Cc1cc(C(=O)O)ccc1O. The van der Waals surface area contributed by atoms with Gasteiger partial charge in [-0.3, -0.25) is 19.2 Å². The van der Waals surface area contributed by atoms with Crippen molar-refractivity contribution in [1.29, 1.82) is 0 Å². The number of aromatic carboxylic acids is 1. The number of carbonyl (C=O) groups excluding carboxylic acids is 2. The Hall–Kier alpha value is -3.43. The van der Waals surface area contributed by atoms with Gasteiger partial charge in [0.25, 0.3) is 0 Å². The van der Waals surface area contributed by atoms with Crippen LogP contribution < -0.4 is 0 Å². The summed E-state index contributed by atoms with van der Waals surface area (Å²) in [5.41, 5.74) is -0.0372. The molecular weight excluding hydrogens is 446 g/mol. The standard InChI is InChI=1S/C16H29NO5.C8H6O4/c1-2-3-4-5-6-7-8-9-10-11-14(18)17(12-15(19)20)13-16(21)22;9-4-6-3-5(8(11)12)1-2-7(6)10/h2-13H2,1H3,(H,19,20)(H,21,22);1-4,10H,(H,11,12). The summed E-state index contributed by atoms with van der Waals surface area (Å²) in [7, 11) is 0. The Balaban J connectivity index is 0.000000757. The number of rotatable bonds is 16. The summed E-state index contributed by atoms with van der Waals surface area (Å²) in [6, 6.07) is 3.52. The molecule has 34 heavy (non-hydrogen) atoms. The third-order valence-corrected chi connectivity index (χ3v) is 4.90. The van der Waals surface area contributed by atoms with E-state index in [1.807, 2.05) is 0 Å². The number of aldehydes is 1. The number of carboxylic acids is 3. The van der Waals surface area contributed by atoms with E-state index < -0.39 is 36.9 Å². The minimum Gasteiger partial charge on any atom is -0.507 e. The number of hydrogen-bond acceptors (Lipinski definition) is 6. The Labute approximate surface area is 199 Å². The first-order valence-electron chi connectivity index (χ1n) is 11.3. The molecule has 0 saturated heterocycles. The van der Waals surface area contributed by atoms with Crippen molar-refractivity contribution in [3.8, 4) is 5.75 Å². The molecule has 0 aromatic heterocycles. The molecule has 0 bridgehead atoms. The lowest BCUT2D eigenvalue weighted by atomic mass is 10.1. The first kappa shape index (κ1) is 30.6. The molecular formula is C24H35NO9. The summed E-state index contributed by atoms with van der Waals surface area (Å²) in [5.74, 6) is -4.12. The molecule has 10 heteroatoms. The topological polar surface area (TPSA) is 170 Å². The summed E-state index contributed by atoms with van der Waals surface area (Å²) in [4.78, 5) is 54.6. The number of hydrogen-bond donors (Lipinski definition) is 4. The second-order valence-corrected chi connectivity index (χ2v) is 7.81. The van der Waals surface area contributed by atoms with E-state index in [-0.39, 0.29) is 23.3 Å². The zero-order valence-electron chi connectivity index (χ0n) is 19.6. The van der Waals surface area contributed by atoms with Crippen LogP contribution in [0.25, 0.3) is 0 Å². The van der Waals surface area contributed by atoms with Gasteiger partial charge in [0.05, 0.1) is 11.1 Å². The lowest BCUT2D eigenvalue weighted by Crippen LogP contribution is -2.39. The molecule has 0 aliphatic rings. The van der Waals surface area contributed by atoms with Crippen LogP contribution in [-0.4, -0.2) is 68.5 Å². The predicted molar refractivity (Wildman–Crippen MR) is 124 cm³/mol. The number of aromatic hydroxyl groups is 1. The smallest absolute Gasteiger partial charge is 0.335 e. The molecule has 0 radical (unpaired) electrons. The van der Waals surface area contributed by atoms with Gasteiger partial charge in [0.15, 0.2) is 6.29 Å². The molecule has 1 aromatic carbocycles. The number of carboxylic acid groups (broad SMARTS) is 3. The third kappa shape index (κ3) is 14.6. The van der Waals surface area contributed by atoms with E-state index in [0.29, 0.717) is 12.7 Å². The number of benzene rings is 1. The highest BCUT2D eigenvalue weighted by molar-refractivity contribution is 5.91. The summed E-state index contributed by atoms with van der Waals surface area (Å²) in [5, 5.41) is 34.9. The third-order valence-electron chi connectivity index (χ3n) is 4.90.